The molecular weight excluding hydrogens is 700 g/mol. The molecule has 1 aromatic rings. The first-order valence-corrected chi connectivity index (χ1v) is 15.3. The third kappa shape index (κ3) is 18.6. The lowest BCUT2D eigenvalue weighted by Gasteiger charge is -2.28. The predicted molar refractivity (Wildman–Crippen MR) is 169 cm³/mol. The number of nitrogens with one attached hydrogen (secondary N) is 3. The van der Waals surface area contributed by atoms with Gasteiger partial charge in [0.1, 0.15) is 12.1 Å². The number of carbonyl (C=O) groups excluding carboxylic acids is 4. The third-order valence-electron chi connectivity index (χ3n) is 7.07. The molecule has 1 saturated heterocycles. The lowest BCUT2D eigenvalue weighted by atomic mass is 9.84. The third-order valence-corrected chi connectivity index (χ3v) is 7.07. The number of hydrogen-bond acceptors (Lipinski definition) is 8. The number of carbonyl (C=O) groups is 6. The average Bonchev–Trinajstić information content (AvgIpc) is 3.02. The van der Waals surface area contributed by atoms with E-state index in [1.165, 1.54) is 0 Å². The Bertz CT molecular complexity index is 1330. The number of nitrogens with zero attached hydrogens (tertiary/aromatic N) is 1. The summed E-state index contributed by atoms with van der Waals surface area (Å²) in [7, 11) is 0. The van der Waals surface area contributed by atoms with Crippen LogP contribution >= 0.6 is 0 Å². The fraction of sp³-hybridized carbons (Fsp3) is 0.567. The molecule has 0 aliphatic carbocycles. The Balaban J connectivity index is 0.00000149. The van der Waals surface area contributed by atoms with Gasteiger partial charge in [-0.3, -0.25) is 24.2 Å². The monoisotopic (exact) mass is 743 g/mol. The van der Waals surface area contributed by atoms with E-state index in [1.807, 2.05) is 6.07 Å². The number of ketones is 1. The van der Waals surface area contributed by atoms with E-state index in [0.29, 0.717) is 57.2 Å². The molecule has 0 saturated carbocycles. The van der Waals surface area contributed by atoms with Gasteiger partial charge in [0.25, 0.3) is 0 Å². The second-order valence-corrected chi connectivity index (χ2v) is 11.4. The summed E-state index contributed by atoms with van der Waals surface area (Å²) in [6.45, 7) is 4.12. The maximum absolute atomic E-state index is 13.3. The van der Waals surface area contributed by atoms with Gasteiger partial charge in [-0.05, 0) is 51.0 Å². The summed E-state index contributed by atoms with van der Waals surface area (Å²) in [6.07, 6.45) is -7.46. The van der Waals surface area contributed by atoms with Gasteiger partial charge in [-0.1, -0.05) is 37.3 Å². The molecule has 11 N–H and O–H groups in total. The van der Waals surface area contributed by atoms with Crippen LogP contribution in [0.4, 0.5) is 26.3 Å². The number of guanidine groups is 1. The molecule has 0 radical (unpaired) electrons. The van der Waals surface area contributed by atoms with Gasteiger partial charge < -0.3 is 43.4 Å². The van der Waals surface area contributed by atoms with Gasteiger partial charge in [0.2, 0.25) is 17.7 Å². The molecule has 15 nitrogen and oxygen atoms in total. The van der Waals surface area contributed by atoms with Crippen LogP contribution in [0, 0.1) is 5.92 Å². The number of rotatable bonds is 6. The normalized spacial score (nSPS) is 22.3. The van der Waals surface area contributed by atoms with E-state index in [4.69, 9.17) is 37.0 Å². The van der Waals surface area contributed by atoms with Crippen LogP contribution in [0.5, 0.6) is 0 Å². The van der Waals surface area contributed by atoms with Gasteiger partial charge in [0.15, 0.2) is 11.7 Å². The fourth-order valence-electron chi connectivity index (χ4n) is 4.23. The highest BCUT2D eigenvalue weighted by Crippen LogP contribution is 2.22. The molecule has 1 heterocycles. The minimum atomic E-state index is -5.08. The number of carboxylic acids is 2. The second kappa shape index (κ2) is 21.3. The Labute approximate surface area is 288 Å². The lowest BCUT2D eigenvalue weighted by Crippen LogP contribution is -2.52. The number of carboxylic acid groups (broad SMARTS) is 2. The van der Waals surface area contributed by atoms with Gasteiger partial charge in [0.05, 0.1) is 5.54 Å². The van der Waals surface area contributed by atoms with Gasteiger partial charge >= 0.3 is 24.3 Å². The second-order valence-electron chi connectivity index (χ2n) is 11.4. The zero-order valence-corrected chi connectivity index (χ0v) is 27.8. The summed E-state index contributed by atoms with van der Waals surface area (Å²) in [5.41, 5.74) is 16.6. The quantitative estimate of drug-likeness (QED) is 0.0898. The van der Waals surface area contributed by atoms with E-state index in [1.54, 1.807) is 38.1 Å². The predicted octanol–water partition coefficient (Wildman–Crippen LogP) is 1.65. The van der Waals surface area contributed by atoms with Crippen molar-refractivity contribution in [1.29, 1.82) is 0 Å². The number of halogens is 6. The van der Waals surface area contributed by atoms with E-state index in [2.05, 4.69) is 20.9 Å². The van der Waals surface area contributed by atoms with E-state index >= 15 is 0 Å². The van der Waals surface area contributed by atoms with Crippen molar-refractivity contribution in [2.24, 2.45) is 28.1 Å². The van der Waals surface area contributed by atoms with Crippen molar-refractivity contribution in [1.82, 2.24) is 16.0 Å². The number of nitrogens with two attached hydrogens (primary N) is 3. The van der Waals surface area contributed by atoms with Gasteiger partial charge in [0, 0.05) is 25.4 Å². The summed E-state index contributed by atoms with van der Waals surface area (Å²) in [6, 6.07) is 7.13. The van der Waals surface area contributed by atoms with Crippen LogP contribution in [0.1, 0.15) is 70.4 Å². The molecular formula is C30H43F6N7O8. The van der Waals surface area contributed by atoms with Crippen LogP contribution in [0.25, 0.3) is 0 Å². The Morgan fingerprint density at radius 3 is 1.90 bits per heavy atom. The Kier molecular flexibility index (Phi) is 19.2. The van der Waals surface area contributed by atoms with E-state index in [0.717, 1.165) is 0 Å². The number of Topliss-reactive ketones (excluding diaryl/α,β-unsaturated/α-hetero) is 1. The number of aliphatic imine (C=N–C) groups is 1. The van der Waals surface area contributed by atoms with E-state index < -0.39 is 59.6 Å². The van der Waals surface area contributed by atoms with Crippen molar-refractivity contribution in [3.8, 4) is 0 Å². The molecule has 3 amide bonds. The highest BCUT2D eigenvalue weighted by atomic mass is 19.4. The van der Waals surface area contributed by atoms with E-state index in [9.17, 15) is 45.5 Å². The molecule has 0 aromatic heterocycles. The van der Waals surface area contributed by atoms with Crippen LogP contribution in [0.3, 0.4) is 0 Å². The van der Waals surface area contributed by atoms with Crippen molar-refractivity contribution < 1.29 is 65.3 Å². The Hall–Kier alpha value is -4.95. The molecule has 0 unspecified atom stereocenters. The Morgan fingerprint density at radius 2 is 1.43 bits per heavy atom. The van der Waals surface area contributed by atoms with Crippen molar-refractivity contribution in [3.63, 3.8) is 0 Å². The summed E-state index contributed by atoms with van der Waals surface area (Å²) >= 11 is 0. The summed E-state index contributed by atoms with van der Waals surface area (Å²) in [5.74, 6) is -7.76. The molecule has 2 rings (SSSR count). The largest absolute Gasteiger partial charge is 0.490 e. The number of alkyl halides is 6. The molecule has 288 valence electrons. The first-order valence-electron chi connectivity index (χ1n) is 15.3. The smallest absolute Gasteiger partial charge is 0.475 e. The average molecular weight is 744 g/mol. The molecule has 4 atom stereocenters. The zero-order chi connectivity index (χ0) is 39.6. The molecule has 21 heteroatoms. The van der Waals surface area contributed by atoms with Crippen LogP contribution in [-0.2, 0) is 28.8 Å². The summed E-state index contributed by atoms with van der Waals surface area (Å²) < 4.78 is 63.5. The van der Waals surface area contributed by atoms with Crippen molar-refractivity contribution >= 4 is 41.4 Å². The molecule has 0 spiro atoms. The highest BCUT2D eigenvalue weighted by Gasteiger charge is 2.39. The SMILES string of the molecule is CC[C@@H]1NC(=O)[C@H](CCCN=C(N)N)CC(=O)[C@](C)(N)CCCCNC(=O)[C@@H](c2ccccc2)NC1=O.O=C(O)C(F)(F)F.O=C(O)C(F)(F)F. The molecule has 51 heavy (non-hydrogen) atoms. The maximum Gasteiger partial charge on any atom is 0.490 e. The molecule has 0 bridgehead atoms. The van der Waals surface area contributed by atoms with Gasteiger partial charge in [-0.2, -0.15) is 26.3 Å². The first kappa shape index (κ1) is 46.0. The first-order chi connectivity index (χ1) is 23.4. The van der Waals surface area contributed by atoms with Crippen molar-refractivity contribution in [2.45, 2.75) is 88.8 Å². The minimum Gasteiger partial charge on any atom is -0.475 e. The van der Waals surface area contributed by atoms with Crippen molar-refractivity contribution in [2.75, 3.05) is 13.1 Å². The Morgan fingerprint density at radius 1 is 0.902 bits per heavy atom. The van der Waals surface area contributed by atoms with E-state index in [-0.39, 0.29) is 24.1 Å². The highest BCUT2D eigenvalue weighted by molar-refractivity contribution is 5.95. The zero-order valence-electron chi connectivity index (χ0n) is 27.8. The fourth-order valence-corrected chi connectivity index (χ4v) is 4.23. The van der Waals surface area contributed by atoms with Crippen LogP contribution in [-0.4, -0.2) is 88.6 Å². The molecule has 1 aliphatic rings. The number of aliphatic carboxylic acids is 2. The molecule has 1 aliphatic heterocycles. The molecule has 1 fully saturated rings. The minimum absolute atomic E-state index is 0.0484. The number of amides is 3. The van der Waals surface area contributed by atoms with Crippen LogP contribution in [0.15, 0.2) is 35.3 Å². The maximum atomic E-state index is 13.3. The number of hydrogen-bond donors (Lipinski definition) is 8. The van der Waals surface area contributed by atoms with Gasteiger partial charge in [-0.25, -0.2) is 9.59 Å². The van der Waals surface area contributed by atoms with Gasteiger partial charge in [-0.15, -0.1) is 0 Å². The van der Waals surface area contributed by atoms with Crippen LogP contribution < -0.4 is 33.2 Å². The number of benzene rings is 1. The van der Waals surface area contributed by atoms with Crippen molar-refractivity contribution in [3.05, 3.63) is 35.9 Å². The summed E-state index contributed by atoms with van der Waals surface area (Å²) in [4.78, 5) is 74.3. The molecule has 1 aromatic carbocycles. The topological polar surface area (TPSA) is 269 Å². The summed E-state index contributed by atoms with van der Waals surface area (Å²) in [5, 5.41) is 22.7. The lowest BCUT2D eigenvalue weighted by molar-refractivity contribution is -0.193. The standard InChI is InChI=1S/C26H41N7O4.2C2HF3O2/c1-3-19-23(36)33-21(17-10-5-4-6-11-17)24(37)30-14-8-7-13-26(2,29)20(34)16-18(22(35)32-19)12-9-15-31-25(27)28;2*3-2(4,5)1(6)7/h4-6,10-11,18-19,21H,3,7-9,12-16,29H2,1-2H3,(H,30,37)(H,32,35)(H,33,36)(H4,27,28,31);2*(H,6,7)/t18-,19+,21-,26-;;/m1../s1. The van der Waals surface area contributed by atoms with Crippen LogP contribution in [0.2, 0.25) is 0 Å².